The van der Waals surface area contributed by atoms with Crippen LogP contribution in [0.2, 0.25) is 0 Å². The van der Waals surface area contributed by atoms with Gasteiger partial charge in [-0.3, -0.25) is 4.31 Å². The van der Waals surface area contributed by atoms with E-state index in [4.69, 9.17) is 4.74 Å². The van der Waals surface area contributed by atoms with Crippen LogP contribution < -0.4 is 4.31 Å². The second-order valence-electron chi connectivity index (χ2n) is 6.02. The number of hydrogen-bond donors (Lipinski definition) is 0. The quantitative estimate of drug-likeness (QED) is 0.737. The van der Waals surface area contributed by atoms with E-state index in [-0.39, 0.29) is 16.9 Å². The van der Waals surface area contributed by atoms with E-state index in [0.29, 0.717) is 18.7 Å². The molecule has 0 aromatic heterocycles. The predicted molar refractivity (Wildman–Crippen MR) is 92.8 cm³/mol. The molecule has 9 heteroatoms. The molecular formula is C18H16F3NO4S. The van der Waals surface area contributed by atoms with Crippen LogP contribution in [0.1, 0.15) is 27.9 Å². The highest BCUT2D eigenvalue weighted by Crippen LogP contribution is 2.32. The Hall–Kier alpha value is -2.55. The van der Waals surface area contributed by atoms with Gasteiger partial charge in [-0.15, -0.1) is 0 Å². The van der Waals surface area contributed by atoms with E-state index in [0.717, 1.165) is 6.07 Å². The summed E-state index contributed by atoms with van der Waals surface area (Å²) >= 11 is 0. The maximum absolute atomic E-state index is 13.0. The highest BCUT2D eigenvalue weighted by atomic mass is 32.2. The first-order valence-electron chi connectivity index (χ1n) is 8.11. The van der Waals surface area contributed by atoms with Crippen LogP contribution in [0.15, 0.2) is 48.5 Å². The van der Waals surface area contributed by atoms with Crippen molar-refractivity contribution in [3.63, 3.8) is 0 Å². The number of halogens is 3. The maximum Gasteiger partial charge on any atom is 0.416 e. The topological polar surface area (TPSA) is 63.7 Å². The summed E-state index contributed by atoms with van der Waals surface area (Å²) in [7, 11) is -3.40. The third kappa shape index (κ3) is 4.24. The van der Waals surface area contributed by atoms with E-state index < -0.39 is 34.3 Å². The van der Waals surface area contributed by atoms with Crippen LogP contribution >= 0.6 is 0 Å². The Morgan fingerprint density at radius 1 is 1.11 bits per heavy atom. The maximum atomic E-state index is 13.0. The molecule has 144 valence electrons. The summed E-state index contributed by atoms with van der Waals surface area (Å²) in [6.45, 7) is -0.222. The second-order valence-corrected chi connectivity index (χ2v) is 8.04. The van der Waals surface area contributed by atoms with Gasteiger partial charge in [0, 0.05) is 12.1 Å². The van der Waals surface area contributed by atoms with Crippen molar-refractivity contribution < 1.29 is 31.1 Å². The van der Waals surface area contributed by atoms with Crippen molar-refractivity contribution in [2.45, 2.75) is 19.2 Å². The average Bonchev–Trinajstić information content (AvgIpc) is 2.98. The number of ether oxygens (including phenoxy) is 1. The molecule has 0 N–H and O–H groups in total. The number of carbonyl (C=O) groups excluding carboxylic acids is 1. The summed E-state index contributed by atoms with van der Waals surface area (Å²) in [4.78, 5) is 12.2. The third-order valence-corrected chi connectivity index (χ3v) is 6.02. The van der Waals surface area contributed by atoms with Gasteiger partial charge >= 0.3 is 12.1 Å². The molecule has 27 heavy (non-hydrogen) atoms. The first-order chi connectivity index (χ1) is 12.7. The van der Waals surface area contributed by atoms with Crippen LogP contribution in [0.4, 0.5) is 18.9 Å². The van der Waals surface area contributed by atoms with E-state index in [1.165, 1.54) is 40.7 Å². The fraction of sp³-hybridized carbons (Fsp3) is 0.278. The lowest BCUT2D eigenvalue weighted by atomic mass is 10.1. The van der Waals surface area contributed by atoms with Crippen LogP contribution in [-0.4, -0.2) is 26.7 Å². The molecule has 1 aliphatic rings. The van der Waals surface area contributed by atoms with Gasteiger partial charge < -0.3 is 4.74 Å². The standard InChI is InChI=1S/C18H16F3NO4S/c19-18(20,21)16-8-2-1-5-14(16)12-26-17(23)13-6-3-7-15(11-13)22-9-4-10-27(22,24)25/h1-3,5-8,11H,4,9-10,12H2. The van der Waals surface area contributed by atoms with Gasteiger partial charge in [0.1, 0.15) is 6.61 Å². The zero-order valence-electron chi connectivity index (χ0n) is 14.1. The molecule has 2 aromatic rings. The van der Waals surface area contributed by atoms with Gasteiger partial charge in [0.25, 0.3) is 0 Å². The smallest absolute Gasteiger partial charge is 0.416 e. The van der Waals surface area contributed by atoms with Gasteiger partial charge in [0.15, 0.2) is 0 Å². The van der Waals surface area contributed by atoms with Crippen molar-refractivity contribution >= 4 is 21.7 Å². The fourth-order valence-electron chi connectivity index (χ4n) is 2.87. The number of nitrogens with zero attached hydrogens (tertiary/aromatic N) is 1. The Morgan fingerprint density at radius 3 is 2.52 bits per heavy atom. The average molecular weight is 399 g/mol. The monoisotopic (exact) mass is 399 g/mol. The molecule has 5 nitrogen and oxygen atoms in total. The minimum atomic E-state index is -4.55. The lowest BCUT2D eigenvalue weighted by Crippen LogP contribution is -2.25. The molecule has 0 bridgehead atoms. The molecule has 3 rings (SSSR count). The molecule has 0 radical (unpaired) electrons. The van der Waals surface area contributed by atoms with Gasteiger partial charge in [-0.25, -0.2) is 13.2 Å². The second kappa shape index (κ2) is 7.22. The lowest BCUT2D eigenvalue weighted by molar-refractivity contribution is -0.138. The van der Waals surface area contributed by atoms with Gasteiger partial charge in [-0.1, -0.05) is 24.3 Å². The van der Waals surface area contributed by atoms with E-state index in [1.54, 1.807) is 6.07 Å². The van der Waals surface area contributed by atoms with Crippen molar-refractivity contribution in [1.82, 2.24) is 0 Å². The Kier molecular flexibility index (Phi) is 5.14. The predicted octanol–water partition coefficient (Wildman–Crippen LogP) is 3.60. The molecule has 0 spiro atoms. The SMILES string of the molecule is O=C(OCc1ccccc1C(F)(F)F)c1cccc(N2CCCS2(=O)=O)c1. The molecule has 2 aromatic carbocycles. The summed E-state index contributed by atoms with van der Waals surface area (Å²) in [5, 5.41) is 0. The van der Waals surface area contributed by atoms with Crippen LogP contribution in [0.5, 0.6) is 0 Å². The first-order valence-corrected chi connectivity index (χ1v) is 9.72. The lowest BCUT2D eigenvalue weighted by Gasteiger charge is -2.17. The van der Waals surface area contributed by atoms with E-state index in [9.17, 15) is 26.4 Å². The Labute approximate surface area is 154 Å². The van der Waals surface area contributed by atoms with E-state index in [2.05, 4.69) is 0 Å². The van der Waals surface area contributed by atoms with Crippen LogP contribution in [0.3, 0.4) is 0 Å². The summed E-state index contributed by atoms with van der Waals surface area (Å²) in [5.41, 5.74) is -0.622. The fourth-order valence-corrected chi connectivity index (χ4v) is 4.42. The molecular weight excluding hydrogens is 383 g/mol. The zero-order chi connectivity index (χ0) is 19.7. The molecule has 1 heterocycles. The molecule has 0 unspecified atom stereocenters. The Balaban J connectivity index is 1.76. The van der Waals surface area contributed by atoms with Gasteiger partial charge in [0.2, 0.25) is 10.0 Å². The Morgan fingerprint density at radius 2 is 1.85 bits per heavy atom. The molecule has 1 saturated heterocycles. The van der Waals surface area contributed by atoms with Crippen LogP contribution in [0, 0.1) is 0 Å². The van der Waals surface area contributed by atoms with Gasteiger partial charge in [-0.2, -0.15) is 13.2 Å². The minimum Gasteiger partial charge on any atom is -0.457 e. The van der Waals surface area contributed by atoms with Crippen LogP contribution in [-0.2, 0) is 27.5 Å². The zero-order valence-corrected chi connectivity index (χ0v) is 14.9. The van der Waals surface area contributed by atoms with Gasteiger partial charge in [0.05, 0.1) is 22.6 Å². The number of rotatable bonds is 4. The number of esters is 1. The highest BCUT2D eigenvalue weighted by molar-refractivity contribution is 7.93. The summed E-state index contributed by atoms with van der Waals surface area (Å²) in [6.07, 6.45) is -4.06. The number of anilines is 1. The normalized spacial score (nSPS) is 16.3. The van der Waals surface area contributed by atoms with Gasteiger partial charge in [-0.05, 0) is 30.7 Å². The van der Waals surface area contributed by atoms with Crippen LogP contribution in [0.25, 0.3) is 0 Å². The summed E-state index contributed by atoms with van der Waals surface area (Å²) in [6, 6.07) is 10.7. The number of benzene rings is 2. The molecule has 0 saturated carbocycles. The van der Waals surface area contributed by atoms with Crippen molar-refractivity contribution in [3.8, 4) is 0 Å². The number of carbonyl (C=O) groups is 1. The molecule has 1 fully saturated rings. The Bertz CT molecular complexity index is 957. The third-order valence-electron chi connectivity index (χ3n) is 4.15. The van der Waals surface area contributed by atoms with Crippen molar-refractivity contribution in [2.24, 2.45) is 0 Å². The molecule has 1 aliphatic heterocycles. The van der Waals surface area contributed by atoms with Crippen molar-refractivity contribution in [3.05, 3.63) is 65.2 Å². The largest absolute Gasteiger partial charge is 0.457 e. The highest BCUT2D eigenvalue weighted by Gasteiger charge is 2.33. The molecule has 0 aliphatic carbocycles. The van der Waals surface area contributed by atoms with E-state index >= 15 is 0 Å². The van der Waals surface area contributed by atoms with E-state index in [1.807, 2.05) is 0 Å². The molecule has 0 amide bonds. The summed E-state index contributed by atoms with van der Waals surface area (Å²) < 4.78 is 69.2. The number of hydrogen-bond acceptors (Lipinski definition) is 4. The van der Waals surface area contributed by atoms with Crippen molar-refractivity contribution in [1.29, 1.82) is 0 Å². The van der Waals surface area contributed by atoms with Crippen molar-refractivity contribution in [2.75, 3.05) is 16.6 Å². The first kappa shape index (κ1) is 19.2. The number of alkyl halides is 3. The minimum absolute atomic E-state index is 0.0376. The summed E-state index contributed by atoms with van der Waals surface area (Å²) in [5.74, 6) is -0.791. The molecule has 0 atom stereocenters. The number of sulfonamides is 1.